The van der Waals surface area contributed by atoms with Gasteiger partial charge in [-0.15, -0.1) is 0 Å². The molecule has 2 aromatic rings. The lowest BCUT2D eigenvalue weighted by molar-refractivity contribution is -0.134. The molecule has 1 aliphatic heterocycles. The number of para-hydroxylation sites is 1. The summed E-state index contributed by atoms with van der Waals surface area (Å²) >= 11 is 0. The van der Waals surface area contributed by atoms with E-state index in [1.54, 1.807) is 4.90 Å². The molecule has 2 fully saturated rings. The first kappa shape index (κ1) is 13.3. The minimum absolute atomic E-state index is 0.0593. The Bertz CT molecular complexity index is 727. The molecule has 0 spiro atoms. The molecule has 0 radical (unpaired) electrons. The second-order valence-corrected chi connectivity index (χ2v) is 6.01. The Balaban J connectivity index is 1.46. The number of carbonyl (C=O) groups excluding carboxylic acids is 2. The van der Waals surface area contributed by atoms with Gasteiger partial charge in [0.25, 0.3) is 5.91 Å². The SMILES string of the molecule is O=C(c1n[nH]c2ccccc12)N1CCN(C(=O)C2CC2)CC1. The van der Waals surface area contributed by atoms with Crippen molar-refractivity contribution in [2.75, 3.05) is 26.2 Å². The maximum atomic E-state index is 12.6. The van der Waals surface area contributed by atoms with Crippen LogP contribution < -0.4 is 0 Å². The Kier molecular flexibility index (Phi) is 3.10. The zero-order valence-corrected chi connectivity index (χ0v) is 12.3. The molecule has 22 heavy (non-hydrogen) atoms. The predicted molar refractivity (Wildman–Crippen MR) is 81.3 cm³/mol. The van der Waals surface area contributed by atoms with Gasteiger partial charge in [0.15, 0.2) is 5.69 Å². The molecule has 1 N–H and O–H groups in total. The summed E-state index contributed by atoms with van der Waals surface area (Å²) < 4.78 is 0. The molecule has 0 bridgehead atoms. The summed E-state index contributed by atoms with van der Waals surface area (Å²) in [7, 11) is 0. The summed E-state index contributed by atoms with van der Waals surface area (Å²) in [6.07, 6.45) is 2.05. The average molecular weight is 298 g/mol. The molecular formula is C16H18N4O2. The smallest absolute Gasteiger partial charge is 0.275 e. The maximum absolute atomic E-state index is 12.6. The number of benzene rings is 1. The Morgan fingerprint density at radius 1 is 1.05 bits per heavy atom. The topological polar surface area (TPSA) is 69.3 Å². The number of nitrogens with one attached hydrogen (secondary N) is 1. The average Bonchev–Trinajstić information content (AvgIpc) is 3.33. The third kappa shape index (κ3) is 2.24. The van der Waals surface area contributed by atoms with Crippen LogP contribution in [-0.2, 0) is 4.79 Å². The number of nitrogens with zero attached hydrogens (tertiary/aromatic N) is 3. The predicted octanol–water partition coefficient (Wildman–Crippen LogP) is 1.26. The summed E-state index contributed by atoms with van der Waals surface area (Å²) in [5, 5.41) is 7.91. The Hall–Kier alpha value is -2.37. The van der Waals surface area contributed by atoms with Crippen LogP contribution in [0.25, 0.3) is 10.9 Å². The number of fused-ring (bicyclic) bond motifs is 1. The number of H-pyrrole nitrogens is 1. The number of amides is 2. The standard InChI is InChI=1S/C16H18N4O2/c21-15(11-5-6-11)19-7-9-20(10-8-19)16(22)14-12-3-1-2-4-13(12)17-18-14/h1-4,11H,5-10H2,(H,17,18). The van der Waals surface area contributed by atoms with Crippen LogP contribution >= 0.6 is 0 Å². The molecule has 1 saturated carbocycles. The van der Waals surface area contributed by atoms with Crippen molar-refractivity contribution in [3.63, 3.8) is 0 Å². The second-order valence-electron chi connectivity index (χ2n) is 6.01. The molecule has 1 aliphatic carbocycles. The van der Waals surface area contributed by atoms with Crippen molar-refractivity contribution in [3.05, 3.63) is 30.0 Å². The van der Waals surface area contributed by atoms with Crippen LogP contribution in [0.15, 0.2) is 24.3 Å². The van der Waals surface area contributed by atoms with E-state index in [1.165, 1.54) is 0 Å². The van der Waals surface area contributed by atoms with Crippen LogP contribution in [0.1, 0.15) is 23.3 Å². The van der Waals surface area contributed by atoms with Gasteiger partial charge in [0, 0.05) is 37.5 Å². The fourth-order valence-corrected chi connectivity index (χ4v) is 2.99. The number of piperazine rings is 1. The lowest BCUT2D eigenvalue weighted by Crippen LogP contribution is -2.51. The Morgan fingerprint density at radius 2 is 1.73 bits per heavy atom. The fraction of sp³-hybridized carbons (Fsp3) is 0.438. The largest absolute Gasteiger partial charge is 0.339 e. The third-order valence-corrected chi connectivity index (χ3v) is 4.48. The second kappa shape index (κ2) is 5.12. The molecule has 6 nitrogen and oxygen atoms in total. The summed E-state index contributed by atoms with van der Waals surface area (Å²) in [5.41, 5.74) is 1.34. The van der Waals surface area contributed by atoms with Crippen molar-refractivity contribution in [3.8, 4) is 0 Å². The number of aromatic amines is 1. The lowest BCUT2D eigenvalue weighted by atomic mass is 10.2. The van der Waals surface area contributed by atoms with Gasteiger partial charge >= 0.3 is 0 Å². The number of rotatable bonds is 2. The monoisotopic (exact) mass is 298 g/mol. The number of carbonyl (C=O) groups is 2. The Morgan fingerprint density at radius 3 is 2.45 bits per heavy atom. The van der Waals surface area contributed by atoms with E-state index in [2.05, 4.69) is 10.2 Å². The van der Waals surface area contributed by atoms with Gasteiger partial charge in [0.1, 0.15) is 0 Å². The number of hydrogen-bond acceptors (Lipinski definition) is 3. The normalized spacial score (nSPS) is 18.7. The Labute approximate surface area is 128 Å². The minimum Gasteiger partial charge on any atom is -0.339 e. The van der Waals surface area contributed by atoms with Crippen molar-refractivity contribution in [1.29, 1.82) is 0 Å². The van der Waals surface area contributed by atoms with E-state index in [9.17, 15) is 9.59 Å². The molecule has 2 heterocycles. The van der Waals surface area contributed by atoms with Gasteiger partial charge in [0.05, 0.1) is 5.52 Å². The van der Waals surface area contributed by atoms with E-state index in [0.717, 1.165) is 23.7 Å². The van der Waals surface area contributed by atoms with E-state index in [-0.39, 0.29) is 17.7 Å². The van der Waals surface area contributed by atoms with E-state index in [1.807, 2.05) is 29.2 Å². The first-order valence-electron chi connectivity index (χ1n) is 7.75. The summed E-state index contributed by atoms with van der Waals surface area (Å²) in [6.45, 7) is 2.42. The van der Waals surface area contributed by atoms with Crippen LogP contribution in [0.4, 0.5) is 0 Å². The maximum Gasteiger partial charge on any atom is 0.275 e. The third-order valence-electron chi connectivity index (χ3n) is 4.48. The summed E-state index contributed by atoms with van der Waals surface area (Å²) in [5.74, 6) is 0.450. The molecule has 0 unspecified atom stereocenters. The van der Waals surface area contributed by atoms with Gasteiger partial charge in [-0.25, -0.2) is 0 Å². The van der Waals surface area contributed by atoms with Crippen molar-refractivity contribution < 1.29 is 9.59 Å². The van der Waals surface area contributed by atoms with Crippen molar-refractivity contribution in [1.82, 2.24) is 20.0 Å². The molecule has 6 heteroatoms. The molecule has 0 atom stereocenters. The van der Waals surface area contributed by atoms with Crippen molar-refractivity contribution in [2.45, 2.75) is 12.8 Å². The molecule has 1 aromatic carbocycles. The highest BCUT2D eigenvalue weighted by atomic mass is 16.2. The van der Waals surface area contributed by atoms with E-state index in [0.29, 0.717) is 31.9 Å². The number of hydrogen-bond donors (Lipinski definition) is 1. The molecule has 2 aliphatic rings. The molecule has 1 aromatic heterocycles. The minimum atomic E-state index is -0.0593. The highest BCUT2D eigenvalue weighted by Crippen LogP contribution is 2.31. The summed E-state index contributed by atoms with van der Waals surface area (Å²) in [6, 6.07) is 7.63. The zero-order chi connectivity index (χ0) is 15.1. The van der Waals surface area contributed by atoms with E-state index >= 15 is 0 Å². The lowest BCUT2D eigenvalue weighted by Gasteiger charge is -2.34. The quantitative estimate of drug-likeness (QED) is 0.907. The van der Waals surface area contributed by atoms with Crippen LogP contribution in [0.3, 0.4) is 0 Å². The van der Waals surface area contributed by atoms with Gasteiger partial charge in [0.2, 0.25) is 5.91 Å². The van der Waals surface area contributed by atoms with E-state index in [4.69, 9.17) is 0 Å². The molecule has 1 saturated heterocycles. The van der Waals surface area contributed by atoms with E-state index < -0.39 is 0 Å². The summed E-state index contributed by atoms with van der Waals surface area (Å²) in [4.78, 5) is 28.4. The van der Waals surface area contributed by atoms with Crippen LogP contribution in [0.2, 0.25) is 0 Å². The van der Waals surface area contributed by atoms with Gasteiger partial charge in [-0.05, 0) is 18.9 Å². The van der Waals surface area contributed by atoms with Gasteiger partial charge in [-0.1, -0.05) is 18.2 Å². The van der Waals surface area contributed by atoms with Crippen LogP contribution in [0.5, 0.6) is 0 Å². The van der Waals surface area contributed by atoms with Crippen LogP contribution in [0, 0.1) is 5.92 Å². The van der Waals surface area contributed by atoms with Gasteiger partial charge in [-0.2, -0.15) is 5.10 Å². The van der Waals surface area contributed by atoms with Crippen LogP contribution in [-0.4, -0.2) is 58.0 Å². The highest BCUT2D eigenvalue weighted by Gasteiger charge is 2.35. The number of aromatic nitrogens is 2. The molecule has 4 rings (SSSR count). The molecule has 114 valence electrons. The van der Waals surface area contributed by atoms with Crippen molar-refractivity contribution in [2.24, 2.45) is 5.92 Å². The first-order valence-corrected chi connectivity index (χ1v) is 7.75. The highest BCUT2D eigenvalue weighted by molar-refractivity contribution is 6.04. The van der Waals surface area contributed by atoms with Gasteiger partial charge < -0.3 is 9.80 Å². The van der Waals surface area contributed by atoms with Gasteiger partial charge in [-0.3, -0.25) is 14.7 Å². The molecule has 2 amide bonds. The molecular weight excluding hydrogens is 280 g/mol. The zero-order valence-electron chi connectivity index (χ0n) is 12.3. The van der Waals surface area contributed by atoms with Crippen molar-refractivity contribution >= 4 is 22.7 Å². The first-order chi connectivity index (χ1) is 10.7. The fourth-order valence-electron chi connectivity index (χ4n) is 2.99.